The van der Waals surface area contributed by atoms with Gasteiger partial charge in [0, 0.05) is 6.20 Å². The van der Waals surface area contributed by atoms with Crippen LogP contribution in [0.1, 0.15) is 38.3 Å². The van der Waals surface area contributed by atoms with Gasteiger partial charge in [-0.05, 0) is 30.5 Å². The Balaban J connectivity index is 0.000000424. The van der Waals surface area contributed by atoms with E-state index in [1.165, 1.54) is 12.0 Å². The first-order valence-electron chi connectivity index (χ1n) is 4.77. The van der Waals surface area contributed by atoms with Gasteiger partial charge in [0.1, 0.15) is 5.15 Å². The van der Waals surface area contributed by atoms with Crippen LogP contribution in [0.5, 0.6) is 0 Å². The zero-order chi connectivity index (χ0) is 10.3. The van der Waals surface area contributed by atoms with Crippen molar-refractivity contribution in [3.8, 4) is 0 Å². The highest BCUT2D eigenvalue weighted by molar-refractivity contribution is 6.30. The van der Waals surface area contributed by atoms with E-state index in [0.29, 0.717) is 5.15 Å². The summed E-state index contributed by atoms with van der Waals surface area (Å²) in [5, 5.41) is 0.641. The van der Waals surface area contributed by atoms with Gasteiger partial charge in [-0.25, -0.2) is 4.98 Å². The summed E-state index contributed by atoms with van der Waals surface area (Å²) in [6.45, 7) is 8.38. The normalized spacial score (nSPS) is 9.00. The summed E-state index contributed by atoms with van der Waals surface area (Å²) < 4.78 is 0. The van der Waals surface area contributed by atoms with E-state index in [9.17, 15) is 0 Å². The number of aryl methyl sites for hydroxylation is 1. The van der Waals surface area contributed by atoms with E-state index in [4.69, 9.17) is 11.6 Å². The predicted molar refractivity (Wildman–Crippen MR) is 59.3 cm³/mol. The van der Waals surface area contributed by atoms with Gasteiger partial charge in [0.05, 0.1) is 0 Å². The number of aromatic nitrogens is 1. The van der Waals surface area contributed by atoms with Crippen molar-refractivity contribution in [2.75, 3.05) is 0 Å². The maximum atomic E-state index is 5.82. The Labute approximate surface area is 86.1 Å². The van der Waals surface area contributed by atoms with Crippen molar-refractivity contribution in [1.82, 2.24) is 4.98 Å². The van der Waals surface area contributed by atoms with Crippen molar-refractivity contribution in [2.45, 2.75) is 40.5 Å². The predicted octanol–water partition coefficient (Wildman–Crippen LogP) is 4.02. The minimum atomic E-state index is 0.641. The van der Waals surface area contributed by atoms with Crippen molar-refractivity contribution < 1.29 is 0 Å². The van der Waals surface area contributed by atoms with Gasteiger partial charge in [0.25, 0.3) is 0 Å². The van der Waals surface area contributed by atoms with Crippen LogP contribution in [0, 0.1) is 6.92 Å². The van der Waals surface area contributed by atoms with E-state index < -0.39 is 0 Å². The minimum absolute atomic E-state index is 0.641. The molecule has 0 amide bonds. The van der Waals surface area contributed by atoms with Crippen LogP contribution in [0.3, 0.4) is 0 Å². The Hall–Kier alpha value is -0.560. The molecule has 0 aliphatic heterocycles. The highest BCUT2D eigenvalue weighted by Gasteiger charge is 2.00. The average molecular weight is 200 g/mol. The summed E-state index contributed by atoms with van der Waals surface area (Å²) in [4.78, 5) is 3.98. The Kier molecular flexibility index (Phi) is 6.61. The second-order valence-electron chi connectivity index (χ2n) is 2.96. The van der Waals surface area contributed by atoms with Crippen LogP contribution in [0.25, 0.3) is 0 Å². The lowest BCUT2D eigenvalue weighted by Crippen LogP contribution is -1.89. The molecule has 1 nitrogen and oxygen atoms in total. The van der Waals surface area contributed by atoms with E-state index in [1.54, 1.807) is 6.20 Å². The summed E-state index contributed by atoms with van der Waals surface area (Å²) in [5.74, 6) is 0. The molecule has 1 rings (SSSR count). The molecule has 0 unspecified atom stereocenters. The number of nitrogens with zero attached hydrogens (tertiary/aromatic N) is 1. The Morgan fingerprint density at radius 1 is 1.31 bits per heavy atom. The van der Waals surface area contributed by atoms with Crippen LogP contribution >= 0.6 is 11.6 Å². The van der Waals surface area contributed by atoms with E-state index in [1.807, 2.05) is 13.0 Å². The molecule has 0 aromatic carbocycles. The SMILES string of the molecule is CCC.CCc1c(C)ccnc1Cl. The molecule has 0 saturated heterocycles. The molecule has 0 fully saturated rings. The lowest BCUT2D eigenvalue weighted by molar-refractivity contribution is 1.07. The summed E-state index contributed by atoms with van der Waals surface area (Å²) >= 11 is 5.82. The number of hydrogen-bond donors (Lipinski definition) is 0. The number of halogens is 1. The monoisotopic (exact) mass is 199 g/mol. The van der Waals surface area contributed by atoms with E-state index >= 15 is 0 Å². The van der Waals surface area contributed by atoms with Gasteiger partial charge in [-0.2, -0.15) is 0 Å². The zero-order valence-electron chi connectivity index (χ0n) is 8.89. The van der Waals surface area contributed by atoms with E-state index in [-0.39, 0.29) is 0 Å². The smallest absolute Gasteiger partial charge is 0.132 e. The molecule has 0 aliphatic carbocycles. The van der Waals surface area contributed by atoms with Crippen LogP contribution in [-0.2, 0) is 6.42 Å². The molecule has 13 heavy (non-hydrogen) atoms. The molecule has 1 heterocycles. The molecule has 0 atom stereocenters. The first-order chi connectivity index (χ1) is 6.17. The third-order valence-electron chi connectivity index (χ3n) is 1.59. The third-order valence-corrected chi connectivity index (χ3v) is 1.92. The molecular formula is C11H18ClN. The lowest BCUT2D eigenvalue weighted by Gasteiger charge is -2.01. The quantitative estimate of drug-likeness (QED) is 0.623. The summed E-state index contributed by atoms with van der Waals surface area (Å²) in [6.07, 6.45) is 3.94. The Morgan fingerprint density at radius 2 is 1.85 bits per heavy atom. The Bertz CT molecular complexity index is 226. The molecule has 1 aromatic heterocycles. The Morgan fingerprint density at radius 3 is 2.15 bits per heavy atom. The molecular weight excluding hydrogens is 182 g/mol. The van der Waals surface area contributed by atoms with Crippen LogP contribution in [0.4, 0.5) is 0 Å². The fourth-order valence-electron chi connectivity index (χ4n) is 0.980. The maximum absolute atomic E-state index is 5.82. The van der Waals surface area contributed by atoms with Crippen LogP contribution < -0.4 is 0 Å². The molecule has 0 aliphatic rings. The van der Waals surface area contributed by atoms with Crippen molar-refractivity contribution >= 4 is 11.6 Å². The van der Waals surface area contributed by atoms with Crippen LogP contribution in [-0.4, -0.2) is 4.98 Å². The second-order valence-corrected chi connectivity index (χ2v) is 3.32. The average Bonchev–Trinajstić information content (AvgIpc) is 2.06. The van der Waals surface area contributed by atoms with Crippen molar-refractivity contribution in [3.63, 3.8) is 0 Å². The van der Waals surface area contributed by atoms with E-state index in [2.05, 4.69) is 25.8 Å². The highest BCUT2D eigenvalue weighted by atomic mass is 35.5. The molecule has 0 spiro atoms. The maximum Gasteiger partial charge on any atom is 0.132 e. The lowest BCUT2D eigenvalue weighted by atomic mass is 10.1. The third kappa shape index (κ3) is 4.28. The van der Waals surface area contributed by atoms with Crippen molar-refractivity contribution in [1.29, 1.82) is 0 Å². The first-order valence-corrected chi connectivity index (χ1v) is 5.15. The van der Waals surface area contributed by atoms with Gasteiger partial charge in [-0.1, -0.05) is 38.8 Å². The molecule has 0 N–H and O–H groups in total. The zero-order valence-corrected chi connectivity index (χ0v) is 9.65. The van der Waals surface area contributed by atoms with Gasteiger partial charge >= 0.3 is 0 Å². The molecule has 74 valence electrons. The summed E-state index contributed by atoms with van der Waals surface area (Å²) in [5.41, 5.74) is 2.38. The largest absolute Gasteiger partial charge is 0.244 e. The fraction of sp³-hybridized carbons (Fsp3) is 0.545. The summed E-state index contributed by atoms with van der Waals surface area (Å²) in [6, 6.07) is 1.98. The molecule has 1 aromatic rings. The first kappa shape index (κ1) is 12.4. The summed E-state index contributed by atoms with van der Waals surface area (Å²) in [7, 11) is 0. The minimum Gasteiger partial charge on any atom is -0.244 e. The number of pyridine rings is 1. The molecule has 0 saturated carbocycles. The van der Waals surface area contributed by atoms with Crippen molar-refractivity contribution in [2.24, 2.45) is 0 Å². The second kappa shape index (κ2) is 6.90. The van der Waals surface area contributed by atoms with Gasteiger partial charge in [-0.15, -0.1) is 0 Å². The van der Waals surface area contributed by atoms with Crippen molar-refractivity contribution in [3.05, 3.63) is 28.5 Å². The topological polar surface area (TPSA) is 12.9 Å². The molecule has 0 radical (unpaired) electrons. The van der Waals surface area contributed by atoms with Gasteiger partial charge < -0.3 is 0 Å². The number of rotatable bonds is 1. The van der Waals surface area contributed by atoms with Gasteiger partial charge in [-0.3, -0.25) is 0 Å². The fourth-order valence-corrected chi connectivity index (χ4v) is 1.32. The number of hydrogen-bond acceptors (Lipinski definition) is 1. The van der Waals surface area contributed by atoms with Crippen LogP contribution in [0.2, 0.25) is 5.15 Å². The van der Waals surface area contributed by atoms with Gasteiger partial charge in [0.2, 0.25) is 0 Å². The highest BCUT2D eigenvalue weighted by Crippen LogP contribution is 2.16. The van der Waals surface area contributed by atoms with E-state index in [0.717, 1.165) is 12.0 Å². The van der Waals surface area contributed by atoms with Gasteiger partial charge in [0.15, 0.2) is 0 Å². The molecule has 2 heteroatoms. The molecule has 0 bridgehead atoms. The standard InChI is InChI=1S/C8H10ClN.C3H8/c1-3-7-6(2)4-5-10-8(7)9;1-3-2/h4-5H,3H2,1-2H3;3H2,1-2H3. The van der Waals surface area contributed by atoms with Crippen LogP contribution in [0.15, 0.2) is 12.3 Å².